The summed E-state index contributed by atoms with van der Waals surface area (Å²) in [5, 5.41) is 0. The molecule has 3 heterocycles. The van der Waals surface area contributed by atoms with E-state index in [2.05, 4.69) is 14.8 Å². The number of anilines is 1. The fourth-order valence-electron chi connectivity index (χ4n) is 3.13. The Balaban J connectivity index is 1.46. The van der Waals surface area contributed by atoms with Crippen molar-refractivity contribution in [1.82, 2.24) is 19.7 Å². The zero-order valence-corrected chi connectivity index (χ0v) is 14.2. The number of carbonyl (C=O) groups excluding carboxylic acids is 2. The summed E-state index contributed by atoms with van der Waals surface area (Å²) in [5.74, 6) is 0.845. The Morgan fingerprint density at radius 3 is 2.04 bits per heavy atom. The van der Waals surface area contributed by atoms with Gasteiger partial charge in [-0.2, -0.15) is 0 Å². The van der Waals surface area contributed by atoms with E-state index < -0.39 is 0 Å². The molecule has 2 fully saturated rings. The standard InChI is InChI=1S/C17H25N5O2/c1-19-6-8-21(9-7-19)16(23)14-17(24)22-12-10-20(11-13-22)15-4-2-3-5-18-15/h2-5H,6-14H2,1H3. The second-order valence-electron chi connectivity index (χ2n) is 6.42. The van der Waals surface area contributed by atoms with Crippen LogP contribution in [0.5, 0.6) is 0 Å². The van der Waals surface area contributed by atoms with Gasteiger partial charge in [0, 0.05) is 58.6 Å². The van der Waals surface area contributed by atoms with Gasteiger partial charge in [-0.3, -0.25) is 9.59 Å². The van der Waals surface area contributed by atoms with Crippen LogP contribution in [0.4, 0.5) is 5.82 Å². The number of rotatable bonds is 3. The molecule has 2 aliphatic rings. The van der Waals surface area contributed by atoms with E-state index in [1.807, 2.05) is 30.1 Å². The van der Waals surface area contributed by atoms with E-state index in [1.54, 1.807) is 11.1 Å². The molecular formula is C17H25N5O2. The normalized spacial score (nSPS) is 19.5. The Morgan fingerprint density at radius 1 is 0.917 bits per heavy atom. The van der Waals surface area contributed by atoms with Crippen LogP contribution < -0.4 is 4.90 Å². The van der Waals surface area contributed by atoms with E-state index in [1.165, 1.54) is 0 Å². The zero-order valence-electron chi connectivity index (χ0n) is 14.2. The lowest BCUT2D eigenvalue weighted by molar-refractivity contribution is -0.141. The van der Waals surface area contributed by atoms with Crippen LogP contribution in [0, 0.1) is 0 Å². The molecule has 2 aliphatic heterocycles. The van der Waals surface area contributed by atoms with Crippen molar-refractivity contribution in [1.29, 1.82) is 0 Å². The summed E-state index contributed by atoms with van der Waals surface area (Å²) in [6.45, 7) is 5.99. The molecule has 0 saturated carbocycles. The second-order valence-corrected chi connectivity index (χ2v) is 6.42. The first-order valence-corrected chi connectivity index (χ1v) is 8.53. The molecule has 0 bridgehead atoms. The summed E-state index contributed by atoms with van der Waals surface area (Å²) in [6, 6.07) is 5.84. The average molecular weight is 331 g/mol. The van der Waals surface area contributed by atoms with Crippen molar-refractivity contribution in [2.45, 2.75) is 6.42 Å². The van der Waals surface area contributed by atoms with Crippen LogP contribution in [0.3, 0.4) is 0 Å². The summed E-state index contributed by atoms with van der Waals surface area (Å²) in [6.07, 6.45) is 1.77. The fourth-order valence-corrected chi connectivity index (χ4v) is 3.13. The molecule has 0 radical (unpaired) electrons. The number of nitrogens with zero attached hydrogens (tertiary/aromatic N) is 5. The molecule has 0 aromatic carbocycles. The van der Waals surface area contributed by atoms with Crippen LogP contribution >= 0.6 is 0 Å². The minimum absolute atomic E-state index is 0.00665. The summed E-state index contributed by atoms with van der Waals surface area (Å²) < 4.78 is 0. The van der Waals surface area contributed by atoms with Crippen molar-refractivity contribution < 1.29 is 9.59 Å². The quantitative estimate of drug-likeness (QED) is 0.724. The lowest BCUT2D eigenvalue weighted by Gasteiger charge is -2.36. The summed E-state index contributed by atoms with van der Waals surface area (Å²) >= 11 is 0. The molecule has 3 rings (SSSR count). The molecule has 7 heteroatoms. The van der Waals surface area contributed by atoms with Crippen LogP contribution in [0.15, 0.2) is 24.4 Å². The zero-order chi connectivity index (χ0) is 16.9. The first-order valence-electron chi connectivity index (χ1n) is 8.53. The van der Waals surface area contributed by atoms with Crippen LogP contribution in [0.25, 0.3) is 0 Å². The summed E-state index contributed by atoms with van der Waals surface area (Å²) in [5.41, 5.74) is 0. The molecule has 130 valence electrons. The van der Waals surface area contributed by atoms with Crippen LogP contribution in [0.1, 0.15) is 6.42 Å². The van der Waals surface area contributed by atoms with Crippen molar-refractivity contribution in [3.8, 4) is 0 Å². The first kappa shape index (κ1) is 16.7. The first-order chi connectivity index (χ1) is 11.6. The predicted molar refractivity (Wildman–Crippen MR) is 91.7 cm³/mol. The molecule has 2 amide bonds. The average Bonchev–Trinajstić information content (AvgIpc) is 2.63. The fraction of sp³-hybridized carbons (Fsp3) is 0.588. The smallest absolute Gasteiger partial charge is 0.232 e. The Kier molecular flexibility index (Phi) is 5.30. The highest BCUT2D eigenvalue weighted by Crippen LogP contribution is 2.13. The second kappa shape index (κ2) is 7.61. The van der Waals surface area contributed by atoms with Crippen LogP contribution in [-0.4, -0.2) is 90.9 Å². The lowest BCUT2D eigenvalue weighted by atomic mass is 10.2. The molecule has 0 aliphatic carbocycles. The minimum atomic E-state index is -0.0559. The van der Waals surface area contributed by atoms with E-state index >= 15 is 0 Å². The van der Waals surface area contributed by atoms with Crippen LogP contribution in [-0.2, 0) is 9.59 Å². The number of piperazine rings is 2. The van der Waals surface area contributed by atoms with Gasteiger partial charge < -0.3 is 19.6 Å². The third-order valence-corrected chi connectivity index (χ3v) is 4.76. The van der Waals surface area contributed by atoms with Gasteiger partial charge in [-0.1, -0.05) is 6.07 Å². The highest BCUT2D eigenvalue weighted by Gasteiger charge is 2.26. The van der Waals surface area contributed by atoms with Crippen molar-refractivity contribution in [3.63, 3.8) is 0 Å². The molecule has 0 spiro atoms. The van der Waals surface area contributed by atoms with Gasteiger partial charge in [0.05, 0.1) is 0 Å². The Labute approximate surface area is 142 Å². The topological polar surface area (TPSA) is 60.0 Å². The monoisotopic (exact) mass is 331 g/mol. The summed E-state index contributed by atoms with van der Waals surface area (Å²) in [4.78, 5) is 37.0. The Hall–Kier alpha value is -2.15. The maximum Gasteiger partial charge on any atom is 0.232 e. The van der Waals surface area contributed by atoms with Crippen LogP contribution in [0.2, 0.25) is 0 Å². The highest BCUT2D eigenvalue weighted by atomic mass is 16.2. The number of hydrogen-bond acceptors (Lipinski definition) is 5. The van der Waals surface area contributed by atoms with Gasteiger partial charge in [0.25, 0.3) is 0 Å². The molecule has 24 heavy (non-hydrogen) atoms. The van der Waals surface area contributed by atoms with Crippen molar-refractivity contribution in [2.24, 2.45) is 0 Å². The third-order valence-electron chi connectivity index (χ3n) is 4.76. The van der Waals surface area contributed by atoms with E-state index in [9.17, 15) is 9.59 Å². The van der Waals surface area contributed by atoms with Gasteiger partial charge in [0.1, 0.15) is 12.2 Å². The number of likely N-dealkylation sites (N-methyl/N-ethyl adjacent to an activating group) is 1. The molecule has 0 N–H and O–H groups in total. The molecule has 7 nitrogen and oxygen atoms in total. The molecule has 0 atom stereocenters. The minimum Gasteiger partial charge on any atom is -0.353 e. The van der Waals surface area contributed by atoms with Gasteiger partial charge in [-0.05, 0) is 19.2 Å². The predicted octanol–water partition coefficient (Wildman–Crippen LogP) is -0.106. The maximum absolute atomic E-state index is 12.4. The summed E-state index contributed by atoms with van der Waals surface area (Å²) in [7, 11) is 2.05. The lowest BCUT2D eigenvalue weighted by Crippen LogP contribution is -2.51. The van der Waals surface area contributed by atoms with E-state index in [0.717, 1.165) is 45.1 Å². The van der Waals surface area contributed by atoms with Gasteiger partial charge in [0.15, 0.2) is 0 Å². The largest absolute Gasteiger partial charge is 0.353 e. The van der Waals surface area contributed by atoms with Crippen molar-refractivity contribution >= 4 is 17.6 Å². The SMILES string of the molecule is CN1CCN(C(=O)CC(=O)N2CCN(c3ccccn3)CC2)CC1. The number of carbonyl (C=O) groups is 2. The maximum atomic E-state index is 12.4. The van der Waals surface area contributed by atoms with E-state index in [-0.39, 0.29) is 18.2 Å². The molecule has 0 unspecified atom stereocenters. The number of aromatic nitrogens is 1. The van der Waals surface area contributed by atoms with Gasteiger partial charge >= 0.3 is 0 Å². The number of hydrogen-bond donors (Lipinski definition) is 0. The van der Waals surface area contributed by atoms with Gasteiger partial charge in [-0.25, -0.2) is 4.98 Å². The Bertz CT molecular complexity index is 564. The van der Waals surface area contributed by atoms with Gasteiger partial charge in [-0.15, -0.1) is 0 Å². The molecule has 1 aromatic heterocycles. The third kappa shape index (κ3) is 4.03. The molecular weight excluding hydrogens is 306 g/mol. The highest BCUT2D eigenvalue weighted by molar-refractivity contribution is 5.97. The molecule has 1 aromatic rings. The molecule has 2 saturated heterocycles. The van der Waals surface area contributed by atoms with E-state index in [4.69, 9.17) is 0 Å². The Morgan fingerprint density at radius 2 is 1.50 bits per heavy atom. The van der Waals surface area contributed by atoms with Crippen molar-refractivity contribution in [2.75, 3.05) is 64.3 Å². The van der Waals surface area contributed by atoms with Crippen molar-refractivity contribution in [3.05, 3.63) is 24.4 Å². The number of pyridine rings is 1. The van der Waals surface area contributed by atoms with Gasteiger partial charge in [0.2, 0.25) is 11.8 Å². The number of amides is 2. The van der Waals surface area contributed by atoms with E-state index in [0.29, 0.717) is 13.1 Å².